The Kier molecular flexibility index (Phi) is 3.81. The Bertz CT molecular complexity index is 631. The molecule has 0 saturated heterocycles. The first-order chi connectivity index (χ1) is 11.2. The van der Waals surface area contributed by atoms with Gasteiger partial charge in [0.25, 0.3) is 0 Å². The van der Waals surface area contributed by atoms with Crippen molar-refractivity contribution in [3.63, 3.8) is 0 Å². The lowest BCUT2D eigenvalue weighted by atomic mass is 9.53. The lowest BCUT2D eigenvalue weighted by Crippen LogP contribution is -2.60. The van der Waals surface area contributed by atoms with Crippen molar-refractivity contribution in [2.45, 2.75) is 49.1 Å². The normalized spacial score (nSPS) is 34.1. The smallest absolute Gasteiger partial charge is 0.230 e. The Labute approximate surface area is 141 Å². The topological polar surface area (TPSA) is 65.8 Å². The van der Waals surface area contributed by atoms with Crippen LogP contribution in [0, 0.1) is 29.1 Å². The molecule has 0 aromatic carbocycles. The molecule has 5 rings (SSSR count). The van der Waals surface area contributed by atoms with E-state index in [9.17, 15) is 4.79 Å². The van der Waals surface area contributed by atoms with Gasteiger partial charge in [0, 0.05) is 11.7 Å². The highest BCUT2D eigenvalue weighted by atomic mass is 32.2. The Morgan fingerprint density at radius 1 is 1.30 bits per heavy atom. The fourth-order valence-electron chi connectivity index (χ4n) is 5.32. The summed E-state index contributed by atoms with van der Waals surface area (Å²) in [5, 5.41) is 13.1. The second kappa shape index (κ2) is 5.83. The van der Waals surface area contributed by atoms with Gasteiger partial charge < -0.3 is 5.32 Å². The van der Waals surface area contributed by atoms with Crippen LogP contribution in [-0.2, 0) is 4.79 Å². The van der Waals surface area contributed by atoms with E-state index in [1.807, 2.05) is 0 Å². The van der Waals surface area contributed by atoms with Crippen LogP contribution in [0.3, 0.4) is 0 Å². The number of rotatable bonds is 4. The minimum absolute atomic E-state index is 0.0641. The van der Waals surface area contributed by atoms with E-state index < -0.39 is 0 Å². The molecule has 23 heavy (non-hydrogen) atoms. The first-order valence-electron chi connectivity index (χ1n) is 8.45. The van der Waals surface area contributed by atoms with Crippen LogP contribution < -0.4 is 5.32 Å². The molecule has 4 bridgehead atoms. The molecule has 4 saturated carbocycles. The molecular weight excluding hydrogens is 306 g/mol. The SMILES string of the molecule is N#Cc1cccnc1SCC(=O)NC12CC3CC(CC(C3)C1)C2. The van der Waals surface area contributed by atoms with Crippen LogP contribution in [0.1, 0.15) is 44.1 Å². The summed E-state index contributed by atoms with van der Waals surface area (Å²) >= 11 is 1.36. The van der Waals surface area contributed by atoms with Crippen molar-refractivity contribution in [3.8, 4) is 6.07 Å². The average molecular weight is 327 g/mol. The van der Waals surface area contributed by atoms with Gasteiger partial charge in [-0.25, -0.2) is 4.98 Å². The fraction of sp³-hybridized carbons (Fsp3) is 0.611. The zero-order chi connectivity index (χ0) is 15.9. The zero-order valence-electron chi connectivity index (χ0n) is 13.1. The van der Waals surface area contributed by atoms with Crippen molar-refractivity contribution < 1.29 is 4.79 Å². The molecule has 4 fully saturated rings. The van der Waals surface area contributed by atoms with Crippen molar-refractivity contribution >= 4 is 17.7 Å². The second-order valence-electron chi connectivity index (χ2n) is 7.50. The number of nitrogens with one attached hydrogen (secondary N) is 1. The van der Waals surface area contributed by atoms with Crippen LogP contribution in [0.5, 0.6) is 0 Å². The molecule has 120 valence electrons. The maximum atomic E-state index is 12.5. The third-order valence-electron chi connectivity index (χ3n) is 5.67. The van der Waals surface area contributed by atoms with Gasteiger partial charge in [-0.3, -0.25) is 4.79 Å². The number of amides is 1. The molecule has 0 aliphatic heterocycles. The zero-order valence-corrected chi connectivity index (χ0v) is 13.9. The van der Waals surface area contributed by atoms with Crippen molar-refractivity contribution in [3.05, 3.63) is 23.9 Å². The van der Waals surface area contributed by atoms with Crippen LogP contribution in [-0.4, -0.2) is 22.2 Å². The molecule has 0 spiro atoms. The Morgan fingerprint density at radius 2 is 1.96 bits per heavy atom. The maximum Gasteiger partial charge on any atom is 0.230 e. The van der Waals surface area contributed by atoms with Gasteiger partial charge in [0.1, 0.15) is 11.1 Å². The fourth-order valence-corrected chi connectivity index (χ4v) is 6.06. The van der Waals surface area contributed by atoms with Gasteiger partial charge in [0.15, 0.2) is 0 Å². The predicted octanol–water partition coefficient (Wildman–Crippen LogP) is 3.13. The van der Waals surface area contributed by atoms with Gasteiger partial charge >= 0.3 is 0 Å². The molecule has 5 heteroatoms. The molecule has 1 aromatic rings. The Hall–Kier alpha value is -1.54. The van der Waals surface area contributed by atoms with E-state index in [2.05, 4.69) is 16.4 Å². The van der Waals surface area contributed by atoms with E-state index in [0.717, 1.165) is 17.8 Å². The van der Waals surface area contributed by atoms with Gasteiger partial charge in [0.2, 0.25) is 5.91 Å². The number of hydrogen-bond donors (Lipinski definition) is 1. The summed E-state index contributed by atoms with van der Waals surface area (Å²) in [4.78, 5) is 16.7. The number of pyridine rings is 1. The van der Waals surface area contributed by atoms with Gasteiger partial charge in [-0.1, -0.05) is 11.8 Å². The van der Waals surface area contributed by atoms with E-state index >= 15 is 0 Å². The van der Waals surface area contributed by atoms with Crippen LogP contribution in [0.4, 0.5) is 0 Å². The Balaban J connectivity index is 1.38. The van der Waals surface area contributed by atoms with Crippen molar-refractivity contribution in [1.29, 1.82) is 5.26 Å². The average Bonchev–Trinajstić information content (AvgIpc) is 2.51. The largest absolute Gasteiger partial charge is 0.350 e. The molecule has 1 aromatic heterocycles. The minimum atomic E-state index is 0.0641. The monoisotopic (exact) mass is 327 g/mol. The molecule has 4 nitrogen and oxygen atoms in total. The van der Waals surface area contributed by atoms with E-state index in [1.165, 1.54) is 50.3 Å². The summed E-state index contributed by atoms with van der Waals surface area (Å²) in [6.07, 6.45) is 9.31. The van der Waals surface area contributed by atoms with Gasteiger partial charge in [-0.2, -0.15) is 5.26 Å². The van der Waals surface area contributed by atoms with Crippen LogP contribution in [0.25, 0.3) is 0 Å². The van der Waals surface area contributed by atoms with E-state index in [4.69, 9.17) is 5.26 Å². The van der Waals surface area contributed by atoms with Crippen LogP contribution in [0.2, 0.25) is 0 Å². The molecule has 0 unspecified atom stereocenters. The molecule has 1 amide bonds. The van der Waals surface area contributed by atoms with Crippen molar-refractivity contribution in [2.75, 3.05) is 5.75 Å². The lowest BCUT2D eigenvalue weighted by Gasteiger charge is -2.56. The summed E-state index contributed by atoms with van der Waals surface area (Å²) in [7, 11) is 0. The number of carbonyl (C=O) groups is 1. The Morgan fingerprint density at radius 3 is 2.57 bits per heavy atom. The van der Waals surface area contributed by atoms with Crippen LogP contribution in [0.15, 0.2) is 23.4 Å². The quantitative estimate of drug-likeness (QED) is 0.863. The highest BCUT2D eigenvalue weighted by molar-refractivity contribution is 7.99. The highest BCUT2D eigenvalue weighted by Gasteiger charge is 2.51. The molecule has 1 N–H and O–H groups in total. The molecular formula is C18H21N3OS. The molecule has 4 aliphatic rings. The molecule has 0 atom stereocenters. The number of hydrogen-bond acceptors (Lipinski definition) is 4. The number of aromatic nitrogens is 1. The van der Waals surface area contributed by atoms with Crippen molar-refractivity contribution in [2.24, 2.45) is 17.8 Å². The maximum absolute atomic E-state index is 12.5. The first-order valence-corrected chi connectivity index (χ1v) is 9.43. The minimum Gasteiger partial charge on any atom is -0.350 e. The molecule has 0 radical (unpaired) electrons. The molecule has 1 heterocycles. The number of nitrogens with zero attached hydrogens (tertiary/aromatic N) is 2. The highest BCUT2D eigenvalue weighted by Crippen LogP contribution is 2.55. The van der Waals surface area contributed by atoms with E-state index in [0.29, 0.717) is 16.3 Å². The summed E-state index contributed by atoms with van der Waals surface area (Å²) in [5.41, 5.74) is 0.606. The third-order valence-corrected chi connectivity index (χ3v) is 6.68. The summed E-state index contributed by atoms with van der Waals surface area (Å²) in [6.45, 7) is 0. The number of thioether (sulfide) groups is 1. The van der Waals surface area contributed by atoms with Gasteiger partial charge in [-0.15, -0.1) is 0 Å². The van der Waals surface area contributed by atoms with Crippen LogP contribution >= 0.6 is 11.8 Å². The lowest BCUT2D eigenvalue weighted by molar-refractivity contribution is -0.124. The van der Waals surface area contributed by atoms with Gasteiger partial charge in [-0.05, 0) is 68.4 Å². The number of nitriles is 1. The summed E-state index contributed by atoms with van der Waals surface area (Å²) in [6, 6.07) is 5.62. The van der Waals surface area contributed by atoms with Gasteiger partial charge in [0.05, 0.1) is 11.3 Å². The predicted molar refractivity (Wildman–Crippen MR) is 88.7 cm³/mol. The second-order valence-corrected chi connectivity index (χ2v) is 8.47. The summed E-state index contributed by atoms with van der Waals surface area (Å²) < 4.78 is 0. The summed E-state index contributed by atoms with van der Waals surface area (Å²) in [5.74, 6) is 2.92. The van der Waals surface area contributed by atoms with Crippen molar-refractivity contribution in [1.82, 2.24) is 10.3 Å². The molecule has 4 aliphatic carbocycles. The van der Waals surface area contributed by atoms with E-state index in [1.54, 1.807) is 18.3 Å². The third kappa shape index (κ3) is 2.97. The van der Waals surface area contributed by atoms with E-state index in [-0.39, 0.29) is 11.4 Å². The number of carbonyl (C=O) groups excluding carboxylic acids is 1. The first kappa shape index (κ1) is 15.0. The standard InChI is InChI=1S/C18H21N3OS/c19-10-15-2-1-3-20-17(15)23-11-16(22)21-18-7-12-4-13(8-18)6-14(5-12)9-18/h1-3,12-14H,4-9,11H2,(H,21,22).